The Morgan fingerprint density at radius 2 is 1.06 bits per heavy atom. The van der Waals surface area contributed by atoms with E-state index in [1.54, 1.807) is 7.85 Å². The molecule has 0 aromatic carbocycles. The number of nitrogens with one attached hydrogen (secondary N) is 4. The summed E-state index contributed by atoms with van der Waals surface area (Å²) in [4.78, 5) is 49.2. The molecule has 0 fully saturated rings. The maximum atomic E-state index is 13.0. The second-order valence-electron chi connectivity index (χ2n) is 15.2. The van der Waals surface area contributed by atoms with Crippen molar-refractivity contribution in [2.45, 2.75) is 154 Å². The molecule has 6 atom stereocenters. The average Bonchev–Trinajstić information content (AvgIpc) is 2.95. The molecule has 0 aliphatic carbocycles. The van der Waals surface area contributed by atoms with E-state index in [0.717, 1.165) is 43.4 Å². The number of carboxylic acid groups (broad SMARTS) is 2. The highest BCUT2D eigenvalue weighted by molar-refractivity contribution is 6.84. The zero-order valence-corrected chi connectivity index (χ0v) is 34.1. The van der Waals surface area contributed by atoms with Crippen LogP contribution < -0.4 is 21.3 Å². The Morgan fingerprint density at radius 1 is 0.694 bits per heavy atom. The van der Waals surface area contributed by atoms with Crippen LogP contribution in [-0.4, -0.2) is 90.5 Å². The molecule has 0 bridgehead atoms. The lowest BCUT2D eigenvalue weighted by atomic mass is 9.97. The van der Waals surface area contributed by atoms with Crippen molar-refractivity contribution >= 4 is 56.1 Å². The molecule has 6 unspecified atom stereocenters. The highest BCUT2D eigenvalue weighted by Crippen LogP contribution is 2.28. The van der Waals surface area contributed by atoms with E-state index in [-0.39, 0.29) is 48.8 Å². The molecule has 0 saturated heterocycles. The number of aliphatic carboxylic acids is 2. The van der Waals surface area contributed by atoms with Gasteiger partial charge in [-0.05, 0) is 116 Å². The van der Waals surface area contributed by atoms with Gasteiger partial charge in [-0.2, -0.15) is 0 Å². The molecule has 15 heteroatoms. The predicted octanol–water partition coefficient (Wildman–Crippen LogP) is 3.34. The Morgan fingerprint density at radius 3 is 1.41 bits per heavy atom. The molecule has 0 aromatic heterocycles. The summed E-state index contributed by atoms with van der Waals surface area (Å²) in [5.41, 5.74) is 0.898. The van der Waals surface area contributed by atoms with Gasteiger partial charge in [0.15, 0.2) is 32.3 Å². The van der Waals surface area contributed by atoms with E-state index in [0.29, 0.717) is 25.7 Å². The van der Waals surface area contributed by atoms with Crippen LogP contribution in [0.2, 0.25) is 38.3 Å². The van der Waals surface area contributed by atoms with Crippen molar-refractivity contribution in [2.24, 2.45) is 11.8 Å². The molecule has 0 aromatic rings. The third-order valence-corrected chi connectivity index (χ3v) is 16.1. The number of rotatable bonds is 27. The van der Waals surface area contributed by atoms with Gasteiger partial charge in [-0.15, -0.1) is 5.82 Å². The van der Waals surface area contributed by atoms with Crippen LogP contribution in [0.15, 0.2) is 12.2 Å². The quantitative estimate of drug-likeness (QED) is 0.0424. The normalized spacial score (nSPS) is 15.3. The van der Waals surface area contributed by atoms with Gasteiger partial charge in [0.25, 0.3) is 0 Å². The van der Waals surface area contributed by atoms with Crippen LogP contribution in [0.5, 0.6) is 0 Å². The molecule has 0 spiro atoms. The van der Waals surface area contributed by atoms with Crippen molar-refractivity contribution < 1.29 is 33.5 Å². The minimum atomic E-state index is -2.14. The average molecular weight is 721 g/mol. The highest BCUT2D eigenvalue weighted by Gasteiger charge is 2.34. The van der Waals surface area contributed by atoms with Crippen LogP contribution in [0, 0.1) is 23.7 Å². The molecule has 0 radical (unpaired) electrons. The molecule has 0 aliphatic rings. The largest absolute Gasteiger partial charge is 0.481 e. The molecular weight excluding hydrogens is 654 g/mol. The van der Waals surface area contributed by atoms with Crippen LogP contribution >= 0.6 is 0 Å². The van der Waals surface area contributed by atoms with E-state index in [1.165, 1.54) is 0 Å². The summed E-state index contributed by atoms with van der Waals surface area (Å²) in [5, 5.41) is 31.4. The van der Waals surface area contributed by atoms with E-state index in [1.807, 2.05) is 28.6 Å². The zero-order valence-electron chi connectivity index (χ0n) is 32.1. The molecule has 0 rings (SSSR count). The van der Waals surface area contributed by atoms with Crippen molar-refractivity contribution in [1.82, 2.24) is 21.3 Å². The van der Waals surface area contributed by atoms with Crippen LogP contribution in [0.1, 0.15) is 91.9 Å². The standard InChI is InChI=1S/C34H66B2N4O7Si2/c1-24(37-19-18-35)14-15-26(3)39-33(45)29(22-31(41)42)12-10-20-48(6,7)47-49(8,9)21-11-13-30(23-32(43)44)34(46)40-27(4)17-16-25(2)38-28(5)36/h24-27,29-30,37-38H,5,10-17,20-23,35-36H2,1-4,6-9H3,(H,39,45)(H,40,46)(H,41,42)(H,43,44). The lowest BCUT2D eigenvalue weighted by molar-refractivity contribution is -0.141. The van der Waals surface area contributed by atoms with E-state index >= 15 is 0 Å². The summed E-state index contributed by atoms with van der Waals surface area (Å²) in [6, 6.07) is 4.72. The number of amides is 2. The lowest BCUT2D eigenvalue weighted by Crippen LogP contribution is -2.44. The van der Waals surface area contributed by atoms with E-state index < -0.39 is 40.4 Å². The number of carboxylic acids is 2. The first kappa shape index (κ1) is 46.3. The fourth-order valence-corrected chi connectivity index (χ4v) is 15.0. The molecule has 278 valence electrons. The number of carbonyl (C=O) groups is 4. The van der Waals surface area contributed by atoms with Gasteiger partial charge in [0.05, 0.1) is 12.8 Å². The summed E-state index contributed by atoms with van der Waals surface area (Å²) < 4.78 is 6.78. The molecule has 11 nitrogen and oxygen atoms in total. The maximum absolute atomic E-state index is 13.0. The van der Waals surface area contributed by atoms with Gasteiger partial charge in [0.1, 0.15) is 0 Å². The molecule has 6 N–H and O–H groups in total. The van der Waals surface area contributed by atoms with Crippen molar-refractivity contribution in [1.29, 1.82) is 0 Å². The number of hydrogen-bond acceptors (Lipinski definition) is 7. The van der Waals surface area contributed by atoms with Gasteiger partial charge in [-0.25, -0.2) is 0 Å². The molecular formula is C34H66B2N4O7Si2. The SMILES string of the molecule is BC#CNC(C)CCC(C)NC(=O)C(CCC[Si](C)(C)O[Si](C)(C)CCCC(CC(=O)O)C(=O)NC(C)CCC(C)NC(B)=C)CC(=O)O. The fraction of sp³-hybridized carbons (Fsp3) is 0.765. The van der Waals surface area contributed by atoms with Gasteiger partial charge in [-0.1, -0.05) is 19.4 Å². The Labute approximate surface area is 300 Å². The Balaban J connectivity index is 4.99. The Bertz CT molecular complexity index is 1130. The fourth-order valence-electron chi connectivity index (χ4n) is 6.10. The summed E-state index contributed by atoms with van der Waals surface area (Å²) in [6.07, 6.45) is 5.15. The van der Waals surface area contributed by atoms with Crippen LogP contribution in [-0.2, 0) is 23.3 Å². The minimum absolute atomic E-state index is 0.0684. The Hall–Kier alpha value is -2.70. The van der Waals surface area contributed by atoms with Gasteiger partial charge >= 0.3 is 11.9 Å². The zero-order chi connectivity index (χ0) is 37.8. The monoisotopic (exact) mass is 720 g/mol. The van der Waals surface area contributed by atoms with Crippen molar-refractivity contribution in [2.75, 3.05) is 0 Å². The lowest BCUT2D eigenvalue weighted by Gasteiger charge is -2.34. The smallest absolute Gasteiger partial charge is 0.304 e. The Kier molecular flexibility index (Phi) is 22.4. The molecule has 49 heavy (non-hydrogen) atoms. The van der Waals surface area contributed by atoms with E-state index in [2.05, 4.69) is 72.8 Å². The molecule has 2 amide bonds. The maximum Gasteiger partial charge on any atom is 0.304 e. The number of carbonyl (C=O) groups excluding carboxylic acids is 2. The van der Waals surface area contributed by atoms with Crippen LogP contribution in [0.4, 0.5) is 0 Å². The van der Waals surface area contributed by atoms with Gasteiger partial charge in [0.2, 0.25) is 11.8 Å². The van der Waals surface area contributed by atoms with Crippen molar-refractivity contribution in [3.63, 3.8) is 0 Å². The van der Waals surface area contributed by atoms with E-state index in [4.69, 9.17) is 4.12 Å². The van der Waals surface area contributed by atoms with Crippen molar-refractivity contribution in [3.8, 4) is 11.9 Å². The first-order valence-electron chi connectivity index (χ1n) is 18.0. The summed E-state index contributed by atoms with van der Waals surface area (Å²) in [6.45, 7) is 20.5. The minimum Gasteiger partial charge on any atom is -0.481 e. The van der Waals surface area contributed by atoms with Gasteiger partial charge in [-0.3, -0.25) is 19.2 Å². The van der Waals surface area contributed by atoms with E-state index in [9.17, 15) is 29.4 Å². The first-order chi connectivity index (χ1) is 22.7. The van der Waals surface area contributed by atoms with Crippen molar-refractivity contribution in [3.05, 3.63) is 12.2 Å². The highest BCUT2D eigenvalue weighted by atomic mass is 28.4. The third-order valence-electron chi connectivity index (χ3n) is 8.58. The molecule has 0 aliphatic heterocycles. The predicted molar refractivity (Wildman–Crippen MR) is 208 cm³/mol. The summed E-state index contributed by atoms with van der Waals surface area (Å²) >= 11 is 0. The van der Waals surface area contributed by atoms with Gasteiger partial charge < -0.3 is 35.6 Å². The number of hydrogen-bond donors (Lipinski definition) is 6. The van der Waals surface area contributed by atoms with Gasteiger partial charge in [0, 0.05) is 36.0 Å². The first-order valence-corrected chi connectivity index (χ1v) is 24.2. The summed E-state index contributed by atoms with van der Waals surface area (Å²) in [5.74, 6) is -0.803. The van der Waals surface area contributed by atoms with Crippen LogP contribution in [0.3, 0.4) is 0 Å². The second kappa shape index (κ2) is 23.7. The molecule has 0 heterocycles. The topological polar surface area (TPSA) is 166 Å². The third kappa shape index (κ3) is 24.2. The summed E-state index contributed by atoms with van der Waals surface area (Å²) in [7, 11) is -0.610. The second-order valence-corrected chi connectivity index (χ2v) is 24.1. The van der Waals surface area contributed by atoms with Crippen LogP contribution in [0.25, 0.3) is 0 Å². The molecule has 0 saturated carbocycles.